The summed E-state index contributed by atoms with van der Waals surface area (Å²) in [6.45, 7) is 3.99. The largest absolute Gasteiger partial charge is 0.494 e. The molecule has 0 aliphatic carbocycles. The van der Waals surface area contributed by atoms with Gasteiger partial charge in [-0.05, 0) is 82.7 Å². The second kappa shape index (κ2) is 11.7. The SMILES string of the molecule is COc1ccc(C)c2sc(N(CCCN(C)C)C(=O)C3CCN(S(=O)(=O)c4ccc(Cl)cc4)CC3)nc12. The fourth-order valence-electron chi connectivity index (χ4n) is 4.54. The highest BCUT2D eigenvalue weighted by Gasteiger charge is 2.35. The summed E-state index contributed by atoms with van der Waals surface area (Å²) >= 11 is 7.42. The van der Waals surface area contributed by atoms with E-state index >= 15 is 0 Å². The van der Waals surface area contributed by atoms with Crippen LogP contribution in [0.2, 0.25) is 5.02 Å². The molecule has 0 saturated carbocycles. The van der Waals surface area contributed by atoms with Crippen molar-refractivity contribution in [1.82, 2.24) is 14.2 Å². The molecule has 0 radical (unpaired) electrons. The third-order valence-electron chi connectivity index (χ3n) is 6.65. The van der Waals surface area contributed by atoms with Gasteiger partial charge in [-0.1, -0.05) is 29.0 Å². The second-order valence-electron chi connectivity index (χ2n) is 9.54. The Balaban J connectivity index is 1.54. The Morgan fingerprint density at radius 1 is 1.14 bits per heavy atom. The van der Waals surface area contributed by atoms with Gasteiger partial charge in [0.1, 0.15) is 11.3 Å². The van der Waals surface area contributed by atoms with E-state index in [0.29, 0.717) is 48.4 Å². The van der Waals surface area contributed by atoms with E-state index in [-0.39, 0.29) is 16.7 Å². The van der Waals surface area contributed by atoms with Gasteiger partial charge >= 0.3 is 0 Å². The van der Waals surface area contributed by atoms with Crippen molar-refractivity contribution in [1.29, 1.82) is 0 Å². The van der Waals surface area contributed by atoms with Crippen molar-refractivity contribution in [2.75, 3.05) is 52.3 Å². The number of hydrogen-bond donors (Lipinski definition) is 0. The van der Waals surface area contributed by atoms with Crippen LogP contribution in [0.5, 0.6) is 5.75 Å². The van der Waals surface area contributed by atoms with Crippen LogP contribution in [-0.4, -0.2) is 75.9 Å². The summed E-state index contributed by atoms with van der Waals surface area (Å²) in [6.07, 6.45) is 1.72. The molecule has 2 heterocycles. The normalized spacial score (nSPS) is 15.4. The number of piperidine rings is 1. The van der Waals surface area contributed by atoms with Crippen molar-refractivity contribution in [3.8, 4) is 5.75 Å². The first-order valence-electron chi connectivity index (χ1n) is 12.3. The first-order chi connectivity index (χ1) is 17.6. The Hall–Kier alpha value is -2.24. The molecule has 0 atom stereocenters. The van der Waals surface area contributed by atoms with Gasteiger partial charge in [0, 0.05) is 30.6 Å². The van der Waals surface area contributed by atoms with Gasteiger partial charge in [0.25, 0.3) is 0 Å². The first-order valence-corrected chi connectivity index (χ1v) is 14.9. The molecule has 3 aromatic rings. The molecule has 37 heavy (non-hydrogen) atoms. The lowest BCUT2D eigenvalue weighted by molar-refractivity contribution is -0.123. The lowest BCUT2D eigenvalue weighted by Gasteiger charge is -2.33. The number of aryl methyl sites for hydroxylation is 1. The number of carbonyl (C=O) groups excluding carboxylic acids is 1. The lowest BCUT2D eigenvalue weighted by atomic mass is 9.96. The highest BCUT2D eigenvalue weighted by molar-refractivity contribution is 7.89. The number of thiazole rings is 1. The number of fused-ring (bicyclic) bond motifs is 1. The summed E-state index contributed by atoms with van der Waals surface area (Å²) < 4.78 is 34.2. The molecule has 0 spiro atoms. The van der Waals surface area contributed by atoms with E-state index < -0.39 is 10.0 Å². The monoisotopic (exact) mass is 564 g/mol. The number of nitrogens with zero attached hydrogens (tertiary/aromatic N) is 4. The average Bonchev–Trinajstić information content (AvgIpc) is 3.33. The number of aromatic nitrogens is 1. The predicted octanol–water partition coefficient (Wildman–Crippen LogP) is 4.65. The number of methoxy groups -OCH3 is 1. The zero-order valence-electron chi connectivity index (χ0n) is 21.6. The van der Waals surface area contributed by atoms with E-state index in [1.165, 1.54) is 27.8 Å². The molecule has 1 fully saturated rings. The summed E-state index contributed by atoms with van der Waals surface area (Å²) in [5.74, 6) is 0.411. The van der Waals surface area contributed by atoms with Gasteiger partial charge in [-0.2, -0.15) is 4.31 Å². The van der Waals surface area contributed by atoms with Crippen molar-refractivity contribution < 1.29 is 17.9 Å². The minimum Gasteiger partial charge on any atom is -0.494 e. The second-order valence-corrected chi connectivity index (χ2v) is 12.9. The molecule has 1 aromatic heterocycles. The summed E-state index contributed by atoms with van der Waals surface area (Å²) in [5, 5.41) is 1.14. The summed E-state index contributed by atoms with van der Waals surface area (Å²) in [7, 11) is 2.00. The number of sulfonamides is 1. The van der Waals surface area contributed by atoms with Gasteiger partial charge < -0.3 is 9.64 Å². The molecule has 1 aliphatic rings. The van der Waals surface area contributed by atoms with Gasteiger partial charge in [-0.15, -0.1) is 0 Å². The average molecular weight is 565 g/mol. The number of halogens is 1. The Labute approximate surface area is 227 Å². The number of rotatable bonds is 9. The third kappa shape index (κ3) is 6.09. The molecule has 1 amide bonds. The molecule has 200 valence electrons. The van der Waals surface area contributed by atoms with E-state index in [1.807, 2.05) is 33.2 Å². The van der Waals surface area contributed by atoms with Gasteiger partial charge in [0.2, 0.25) is 15.9 Å². The van der Waals surface area contributed by atoms with Crippen molar-refractivity contribution >= 4 is 54.2 Å². The molecule has 0 bridgehead atoms. The molecule has 1 saturated heterocycles. The van der Waals surface area contributed by atoms with Gasteiger partial charge in [0.05, 0.1) is 16.7 Å². The number of benzene rings is 2. The number of anilines is 1. The molecule has 2 aromatic carbocycles. The third-order valence-corrected chi connectivity index (χ3v) is 10.0. The van der Waals surface area contributed by atoms with Crippen LogP contribution in [0.3, 0.4) is 0 Å². The fourth-order valence-corrected chi connectivity index (χ4v) is 7.22. The zero-order valence-corrected chi connectivity index (χ0v) is 24.0. The number of ether oxygens (including phenoxy) is 1. The van der Waals surface area contributed by atoms with Crippen LogP contribution in [0.4, 0.5) is 5.13 Å². The molecule has 8 nitrogen and oxygen atoms in total. The van der Waals surface area contributed by atoms with Gasteiger partial charge in [-0.25, -0.2) is 13.4 Å². The zero-order chi connectivity index (χ0) is 26.7. The maximum atomic E-state index is 13.8. The maximum Gasteiger partial charge on any atom is 0.243 e. The van der Waals surface area contributed by atoms with E-state index in [4.69, 9.17) is 21.3 Å². The quantitative estimate of drug-likeness (QED) is 0.376. The molecule has 1 aliphatic heterocycles. The first kappa shape index (κ1) is 27.8. The standard InChI is InChI=1S/C26H33ClN4O4S2/c1-18-6-11-22(35-4)23-24(18)36-26(28-23)31(15-5-14-29(2)3)25(32)19-12-16-30(17-13-19)37(33,34)21-9-7-20(27)8-10-21/h6-11,19H,5,12-17H2,1-4H3. The Morgan fingerprint density at radius 2 is 1.81 bits per heavy atom. The fraction of sp³-hybridized carbons (Fsp3) is 0.462. The molecule has 0 N–H and O–H groups in total. The molecular weight excluding hydrogens is 532 g/mol. The lowest BCUT2D eigenvalue weighted by Crippen LogP contribution is -2.45. The van der Waals surface area contributed by atoms with E-state index in [9.17, 15) is 13.2 Å². The van der Waals surface area contributed by atoms with Gasteiger partial charge in [0.15, 0.2) is 5.13 Å². The van der Waals surface area contributed by atoms with Crippen LogP contribution in [-0.2, 0) is 14.8 Å². The minimum atomic E-state index is -3.63. The van der Waals surface area contributed by atoms with Crippen LogP contribution in [0.25, 0.3) is 10.2 Å². The summed E-state index contributed by atoms with van der Waals surface area (Å²) in [6, 6.07) is 10.1. The van der Waals surface area contributed by atoms with Gasteiger partial charge in [-0.3, -0.25) is 9.69 Å². The van der Waals surface area contributed by atoms with Crippen LogP contribution in [0.15, 0.2) is 41.3 Å². The van der Waals surface area contributed by atoms with E-state index in [0.717, 1.165) is 28.7 Å². The topological polar surface area (TPSA) is 83.0 Å². The van der Waals surface area contributed by atoms with Crippen molar-refractivity contribution in [3.05, 3.63) is 47.0 Å². The molecule has 0 unspecified atom stereocenters. The number of hydrogen-bond acceptors (Lipinski definition) is 7. The molecular formula is C26H33ClN4O4S2. The van der Waals surface area contributed by atoms with Crippen molar-refractivity contribution in [2.45, 2.75) is 31.1 Å². The Morgan fingerprint density at radius 3 is 2.43 bits per heavy atom. The Bertz CT molecular complexity index is 1350. The van der Waals surface area contributed by atoms with Crippen LogP contribution in [0, 0.1) is 12.8 Å². The van der Waals surface area contributed by atoms with Crippen molar-refractivity contribution in [3.63, 3.8) is 0 Å². The van der Waals surface area contributed by atoms with E-state index in [2.05, 4.69) is 4.90 Å². The summed E-state index contributed by atoms with van der Waals surface area (Å²) in [4.78, 5) is 22.7. The molecule has 4 rings (SSSR count). The highest BCUT2D eigenvalue weighted by Crippen LogP contribution is 2.37. The van der Waals surface area contributed by atoms with Crippen LogP contribution >= 0.6 is 22.9 Å². The number of amides is 1. The predicted molar refractivity (Wildman–Crippen MR) is 149 cm³/mol. The van der Waals surface area contributed by atoms with Crippen molar-refractivity contribution in [2.24, 2.45) is 5.92 Å². The van der Waals surface area contributed by atoms with Crippen LogP contribution < -0.4 is 9.64 Å². The maximum absolute atomic E-state index is 13.8. The highest BCUT2D eigenvalue weighted by atomic mass is 35.5. The smallest absolute Gasteiger partial charge is 0.243 e. The van der Waals surface area contributed by atoms with E-state index in [1.54, 1.807) is 24.1 Å². The number of carbonyl (C=O) groups is 1. The Kier molecular flexibility index (Phi) is 8.75. The summed E-state index contributed by atoms with van der Waals surface area (Å²) in [5.41, 5.74) is 1.85. The minimum absolute atomic E-state index is 0.00188. The molecule has 11 heteroatoms. The van der Waals surface area contributed by atoms with Crippen LogP contribution in [0.1, 0.15) is 24.8 Å².